The number of carboxylic acids is 1. The number of carboxylic acid groups (broad SMARTS) is 1. The molecule has 0 aliphatic rings. The SMILES string of the molecule is O=C(Nc1c(Cl)cc(Cl)cc1Cl)NC(CO)C(=O)O. The fourth-order valence-corrected chi connectivity index (χ4v) is 2.07. The van der Waals surface area contributed by atoms with Gasteiger partial charge in [-0.15, -0.1) is 0 Å². The Morgan fingerprint density at radius 2 is 1.74 bits per heavy atom. The number of aliphatic hydroxyl groups is 1. The number of benzene rings is 1. The Labute approximate surface area is 123 Å². The van der Waals surface area contributed by atoms with Gasteiger partial charge in [0.2, 0.25) is 0 Å². The minimum Gasteiger partial charge on any atom is -0.480 e. The van der Waals surface area contributed by atoms with E-state index in [1.165, 1.54) is 12.1 Å². The third kappa shape index (κ3) is 4.43. The quantitative estimate of drug-likeness (QED) is 0.681. The number of carbonyl (C=O) groups excluding carboxylic acids is 1. The summed E-state index contributed by atoms with van der Waals surface area (Å²) in [6.07, 6.45) is 0. The van der Waals surface area contributed by atoms with Crippen molar-refractivity contribution in [3.8, 4) is 0 Å². The Kier molecular flexibility index (Phi) is 5.68. The summed E-state index contributed by atoms with van der Waals surface area (Å²) < 4.78 is 0. The van der Waals surface area contributed by atoms with Crippen molar-refractivity contribution in [2.24, 2.45) is 0 Å². The highest BCUT2D eigenvalue weighted by atomic mass is 35.5. The van der Waals surface area contributed by atoms with Gasteiger partial charge in [-0.2, -0.15) is 0 Å². The molecule has 1 unspecified atom stereocenters. The molecule has 1 aromatic rings. The van der Waals surface area contributed by atoms with Gasteiger partial charge in [0.1, 0.15) is 0 Å². The van der Waals surface area contributed by atoms with Crippen molar-refractivity contribution in [1.29, 1.82) is 0 Å². The second-order valence-corrected chi connectivity index (χ2v) is 4.67. The second kappa shape index (κ2) is 6.81. The lowest BCUT2D eigenvalue weighted by Crippen LogP contribution is -2.45. The molecule has 0 saturated heterocycles. The predicted octanol–water partition coefficient (Wildman–Crippen LogP) is 2.21. The molecule has 4 N–H and O–H groups in total. The molecule has 0 bridgehead atoms. The number of hydrogen-bond acceptors (Lipinski definition) is 3. The van der Waals surface area contributed by atoms with Crippen LogP contribution < -0.4 is 10.6 Å². The number of hydrogen-bond donors (Lipinski definition) is 4. The molecule has 0 spiro atoms. The lowest BCUT2D eigenvalue weighted by Gasteiger charge is -2.14. The van der Waals surface area contributed by atoms with Crippen molar-refractivity contribution in [3.05, 3.63) is 27.2 Å². The number of anilines is 1. The van der Waals surface area contributed by atoms with Crippen molar-refractivity contribution in [1.82, 2.24) is 5.32 Å². The fourth-order valence-electron chi connectivity index (χ4n) is 1.15. The molecular formula is C10H9Cl3N2O4. The van der Waals surface area contributed by atoms with Crippen LogP contribution in [0.3, 0.4) is 0 Å². The van der Waals surface area contributed by atoms with E-state index in [2.05, 4.69) is 5.32 Å². The van der Waals surface area contributed by atoms with Gasteiger partial charge in [0, 0.05) is 5.02 Å². The highest BCUT2D eigenvalue weighted by molar-refractivity contribution is 6.42. The summed E-state index contributed by atoms with van der Waals surface area (Å²) in [5.41, 5.74) is 0.0901. The Balaban J connectivity index is 2.80. The van der Waals surface area contributed by atoms with E-state index in [0.29, 0.717) is 5.02 Å². The highest BCUT2D eigenvalue weighted by Gasteiger charge is 2.19. The van der Waals surface area contributed by atoms with Crippen molar-refractivity contribution in [2.45, 2.75) is 6.04 Å². The van der Waals surface area contributed by atoms with E-state index < -0.39 is 24.6 Å². The zero-order valence-electron chi connectivity index (χ0n) is 9.28. The zero-order valence-corrected chi connectivity index (χ0v) is 11.6. The maximum Gasteiger partial charge on any atom is 0.328 e. The Morgan fingerprint density at radius 3 is 2.16 bits per heavy atom. The molecule has 1 atom stereocenters. The normalized spacial score (nSPS) is 11.8. The van der Waals surface area contributed by atoms with Crippen molar-refractivity contribution >= 4 is 52.5 Å². The number of nitrogens with one attached hydrogen (secondary N) is 2. The lowest BCUT2D eigenvalue weighted by molar-refractivity contribution is -0.140. The van der Waals surface area contributed by atoms with Crippen LogP contribution in [0.4, 0.5) is 10.5 Å². The molecule has 0 aromatic heterocycles. The van der Waals surface area contributed by atoms with Gasteiger partial charge in [-0.3, -0.25) is 0 Å². The number of aliphatic carboxylic acids is 1. The van der Waals surface area contributed by atoms with Crippen LogP contribution in [0, 0.1) is 0 Å². The highest BCUT2D eigenvalue weighted by Crippen LogP contribution is 2.33. The summed E-state index contributed by atoms with van der Waals surface area (Å²) in [4.78, 5) is 22.2. The van der Waals surface area contributed by atoms with E-state index in [1.807, 2.05) is 5.32 Å². The molecule has 2 amide bonds. The number of aliphatic hydroxyl groups excluding tert-OH is 1. The Morgan fingerprint density at radius 1 is 1.21 bits per heavy atom. The van der Waals surface area contributed by atoms with Crippen LogP contribution in [0.5, 0.6) is 0 Å². The molecular weight excluding hydrogens is 318 g/mol. The van der Waals surface area contributed by atoms with E-state index in [0.717, 1.165) is 0 Å². The summed E-state index contributed by atoms with van der Waals surface area (Å²) >= 11 is 17.4. The standard InChI is InChI=1S/C10H9Cl3N2O4/c11-4-1-5(12)8(6(13)2-4)15-10(19)14-7(3-16)9(17)18/h1-2,7,16H,3H2,(H,17,18)(H2,14,15,19). The summed E-state index contributed by atoms with van der Waals surface area (Å²) in [6, 6.07) is 0.439. The zero-order chi connectivity index (χ0) is 14.6. The molecule has 9 heteroatoms. The minimum atomic E-state index is -1.43. The Bertz CT molecular complexity index is 487. The Hall–Kier alpha value is -1.21. The van der Waals surface area contributed by atoms with Crippen molar-refractivity contribution < 1.29 is 19.8 Å². The van der Waals surface area contributed by atoms with E-state index in [9.17, 15) is 9.59 Å². The number of carbonyl (C=O) groups is 2. The van der Waals surface area contributed by atoms with Gasteiger partial charge in [0.15, 0.2) is 6.04 Å². The molecule has 0 fully saturated rings. The van der Waals surface area contributed by atoms with Gasteiger partial charge in [0.05, 0.1) is 22.3 Å². The largest absolute Gasteiger partial charge is 0.480 e. The van der Waals surface area contributed by atoms with Gasteiger partial charge in [0.25, 0.3) is 0 Å². The van der Waals surface area contributed by atoms with Gasteiger partial charge < -0.3 is 20.8 Å². The molecule has 0 radical (unpaired) electrons. The van der Waals surface area contributed by atoms with Crippen LogP contribution in [-0.4, -0.2) is 34.9 Å². The predicted molar refractivity (Wildman–Crippen MR) is 72.1 cm³/mol. The van der Waals surface area contributed by atoms with Crippen LogP contribution in [0.2, 0.25) is 15.1 Å². The van der Waals surface area contributed by atoms with E-state index >= 15 is 0 Å². The average Bonchev–Trinajstić information content (AvgIpc) is 2.30. The van der Waals surface area contributed by atoms with Crippen LogP contribution in [0.1, 0.15) is 0 Å². The molecule has 19 heavy (non-hydrogen) atoms. The third-order valence-corrected chi connectivity index (χ3v) is 2.85. The maximum absolute atomic E-state index is 11.5. The van der Waals surface area contributed by atoms with E-state index in [1.54, 1.807) is 0 Å². The molecule has 104 valence electrons. The third-order valence-electron chi connectivity index (χ3n) is 2.03. The first-order valence-corrected chi connectivity index (χ1v) is 6.04. The van der Waals surface area contributed by atoms with E-state index in [4.69, 9.17) is 45.0 Å². The first-order valence-electron chi connectivity index (χ1n) is 4.91. The smallest absolute Gasteiger partial charge is 0.328 e. The summed E-state index contributed by atoms with van der Waals surface area (Å²) in [5, 5.41) is 22.2. The molecule has 0 heterocycles. The lowest BCUT2D eigenvalue weighted by atomic mass is 10.3. The van der Waals surface area contributed by atoms with Crippen molar-refractivity contribution in [3.63, 3.8) is 0 Å². The van der Waals surface area contributed by atoms with Crippen molar-refractivity contribution in [2.75, 3.05) is 11.9 Å². The van der Waals surface area contributed by atoms with Crippen LogP contribution >= 0.6 is 34.8 Å². The maximum atomic E-state index is 11.5. The molecule has 0 aliphatic heterocycles. The first-order chi connectivity index (χ1) is 8.85. The van der Waals surface area contributed by atoms with Crippen LogP contribution in [0.15, 0.2) is 12.1 Å². The molecule has 0 saturated carbocycles. The van der Waals surface area contributed by atoms with Gasteiger partial charge >= 0.3 is 12.0 Å². The number of urea groups is 1. The van der Waals surface area contributed by atoms with E-state index in [-0.39, 0.29) is 15.7 Å². The van der Waals surface area contributed by atoms with Gasteiger partial charge in [-0.25, -0.2) is 9.59 Å². The number of amides is 2. The average molecular weight is 328 g/mol. The van der Waals surface area contributed by atoms with Crippen LogP contribution in [0.25, 0.3) is 0 Å². The summed E-state index contributed by atoms with van der Waals surface area (Å²) in [6.45, 7) is -0.745. The first kappa shape index (κ1) is 15.8. The molecule has 0 aliphatic carbocycles. The molecule has 6 nitrogen and oxygen atoms in total. The molecule has 1 rings (SSSR count). The second-order valence-electron chi connectivity index (χ2n) is 3.42. The monoisotopic (exact) mass is 326 g/mol. The summed E-state index contributed by atoms with van der Waals surface area (Å²) in [7, 11) is 0. The minimum absolute atomic E-state index is 0.0901. The summed E-state index contributed by atoms with van der Waals surface area (Å²) in [5.74, 6) is -1.37. The number of halogens is 3. The van der Waals surface area contributed by atoms with Gasteiger partial charge in [-0.1, -0.05) is 34.8 Å². The van der Waals surface area contributed by atoms with Gasteiger partial charge in [-0.05, 0) is 12.1 Å². The molecule has 1 aromatic carbocycles. The topological polar surface area (TPSA) is 98.7 Å². The van der Waals surface area contributed by atoms with Crippen LogP contribution in [-0.2, 0) is 4.79 Å². The fraction of sp³-hybridized carbons (Fsp3) is 0.200. The number of rotatable bonds is 4.